The Morgan fingerprint density at radius 3 is 2.12 bits per heavy atom. The van der Waals surface area contributed by atoms with Crippen LogP contribution in [-0.2, 0) is 22.6 Å². The maximum absolute atomic E-state index is 12.2. The van der Waals surface area contributed by atoms with Crippen molar-refractivity contribution in [1.29, 1.82) is 0 Å². The molecule has 130 valence electrons. The van der Waals surface area contributed by atoms with Crippen LogP contribution in [0.25, 0.3) is 0 Å². The minimum absolute atomic E-state index is 0.0312. The summed E-state index contributed by atoms with van der Waals surface area (Å²) in [5.74, 6) is 0.275. The molecule has 5 nitrogen and oxygen atoms in total. The molecule has 2 aromatic carbocycles. The first kappa shape index (κ1) is 17.2. The van der Waals surface area contributed by atoms with E-state index in [-0.39, 0.29) is 16.1 Å². The molecule has 3 rings (SSSR count). The lowest BCUT2D eigenvalue weighted by Gasteiger charge is -2.26. The zero-order valence-electron chi connectivity index (χ0n) is 14.4. The Hall–Kier alpha value is -2.60. The monoisotopic (exact) mass is 356 g/mol. The number of hydrogen-bond donors (Lipinski definition) is 0. The molecule has 0 spiro atoms. The second-order valence-corrected chi connectivity index (χ2v) is 7.95. The molecular weight excluding hydrogens is 336 g/mol. The Bertz CT molecular complexity index is 959. The lowest BCUT2D eigenvalue weighted by atomic mass is 9.78. The first-order chi connectivity index (χ1) is 11.8. The Labute approximate surface area is 148 Å². The zero-order chi connectivity index (χ0) is 18.1. The molecule has 1 heterocycles. The number of aromatic nitrogens is 2. The average Bonchev–Trinajstić information content (AvgIpc) is 3.03. The zero-order valence-corrected chi connectivity index (χ0v) is 15.2. The van der Waals surface area contributed by atoms with Crippen molar-refractivity contribution in [2.75, 3.05) is 0 Å². The summed E-state index contributed by atoms with van der Waals surface area (Å²) < 4.78 is 31.1. The van der Waals surface area contributed by atoms with Crippen LogP contribution >= 0.6 is 0 Å². The van der Waals surface area contributed by atoms with Gasteiger partial charge in [-0.25, -0.2) is 0 Å². The summed E-state index contributed by atoms with van der Waals surface area (Å²) in [5, 5.41) is 3.86. The molecule has 0 bridgehead atoms. The lowest BCUT2D eigenvalue weighted by molar-refractivity contribution is 0.485. The van der Waals surface area contributed by atoms with E-state index in [0.717, 1.165) is 5.56 Å². The van der Waals surface area contributed by atoms with Crippen molar-refractivity contribution in [2.45, 2.75) is 24.2 Å². The van der Waals surface area contributed by atoms with Crippen LogP contribution in [0.2, 0.25) is 0 Å². The molecule has 0 saturated heterocycles. The number of hydrogen-bond acceptors (Lipinski definition) is 4. The molecule has 25 heavy (non-hydrogen) atoms. The molecule has 1 aromatic heterocycles. The fourth-order valence-electron chi connectivity index (χ4n) is 2.65. The van der Waals surface area contributed by atoms with Crippen molar-refractivity contribution in [3.8, 4) is 5.75 Å². The minimum atomic E-state index is -3.88. The fraction of sp³-hybridized carbons (Fsp3) is 0.211. The Balaban J connectivity index is 1.83. The van der Waals surface area contributed by atoms with E-state index in [9.17, 15) is 8.42 Å². The summed E-state index contributed by atoms with van der Waals surface area (Å²) in [7, 11) is -2.22. The molecule has 0 atom stereocenters. The highest BCUT2D eigenvalue weighted by Crippen LogP contribution is 2.32. The van der Waals surface area contributed by atoms with Crippen molar-refractivity contribution >= 4 is 10.1 Å². The van der Waals surface area contributed by atoms with Gasteiger partial charge in [0.05, 0.1) is 6.20 Å². The van der Waals surface area contributed by atoms with Gasteiger partial charge >= 0.3 is 10.1 Å². The third-order valence-corrected chi connectivity index (χ3v) is 5.45. The van der Waals surface area contributed by atoms with Crippen molar-refractivity contribution < 1.29 is 12.6 Å². The smallest absolute Gasteiger partial charge is 0.342 e. The molecule has 0 amide bonds. The van der Waals surface area contributed by atoms with Crippen molar-refractivity contribution in [3.63, 3.8) is 0 Å². The lowest BCUT2D eigenvalue weighted by Crippen LogP contribution is -2.18. The van der Waals surface area contributed by atoms with Gasteiger partial charge in [0.15, 0.2) is 0 Å². The van der Waals surface area contributed by atoms with Gasteiger partial charge in [-0.2, -0.15) is 13.5 Å². The molecule has 0 N–H and O–H groups in total. The summed E-state index contributed by atoms with van der Waals surface area (Å²) in [4.78, 5) is 0.0312. The highest BCUT2D eigenvalue weighted by atomic mass is 32.2. The van der Waals surface area contributed by atoms with E-state index >= 15 is 0 Å². The topological polar surface area (TPSA) is 61.2 Å². The third kappa shape index (κ3) is 3.58. The maximum atomic E-state index is 12.2. The Morgan fingerprint density at radius 1 is 0.960 bits per heavy atom. The molecule has 0 unspecified atom stereocenters. The SMILES string of the molecule is Cn1cc(S(=O)(=O)Oc2ccc(C(C)(C)c3ccccc3)cc2)cn1. The first-order valence-electron chi connectivity index (χ1n) is 7.88. The highest BCUT2D eigenvalue weighted by molar-refractivity contribution is 7.87. The van der Waals surface area contributed by atoms with Crippen LogP contribution in [0, 0.1) is 0 Å². The molecular formula is C19H20N2O3S. The van der Waals surface area contributed by atoms with E-state index < -0.39 is 10.1 Å². The van der Waals surface area contributed by atoms with E-state index in [1.807, 2.05) is 30.3 Å². The quantitative estimate of drug-likeness (QED) is 0.656. The summed E-state index contributed by atoms with van der Waals surface area (Å²) in [6.45, 7) is 4.26. The number of rotatable bonds is 5. The van der Waals surface area contributed by atoms with Crippen molar-refractivity contribution in [3.05, 3.63) is 78.1 Å². The molecule has 0 radical (unpaired) electrons. The minimum Gasteiger partial charge on any atom is -0.379 e. The molecule has 6 heteroatoms. The van der Waals surface area contributed by atoms with Crippen LogP contribution in [0.5, 0.6) is 5.75 Å². The van der Waals surface area contributed by atoms with Crippen LogP contribution < -0.4 is 4.18 Å². The molecule has 0 fully saturated rings. The van der Waals surface area contributed by atoms with Crippen LogP contribution in [0.3, 0.4) is 0 Å². The summed E-state index contributed by atoms with van der Waals surface area (Å²) in [6.07, 6.45) is 2.67. The first-order valence-corrected chi connectivity index (χ1v) is 9.29. The van der Waals surface area contributed by atoms with E-state index in [1.54, 1.807) is 19.2 Å². The predicted molar refractivity (Wildman–Crippen MR) is 96.0 cm³/mol. The third-order valence-electron chi connectivity index (χ3n) is 4.25. The predicted octanol–water partition coefficient (Wildman–Crippen LogP) is 3.51. The van der Waals surface area contributed by atoms with E-state index in [4.69, 9.17) is 4.18 Å². The largest absolute Gasteiger partial charge is 0.379 e. The van der Waals surface area contributed by atoms with Gasteiger partial charge in [-0.1, -0.05) is 56.3 Å². The van der Waals surface area contributed by atoms with Gasteiger partial charge in [-0.3, -0.25) is 4.68 Å². The van der Waals surface area contributed by atoms with E-state index in [1.165, 1.54) is 22.6 Å². The van der Waals surface area contributed by atoms with Crippen molar-refractivity contribution in [2.24, 2.45) is 7.05 Å². The molecule has 0 aliphatic rings. The average molecular weight is 356 g/mol. The van der Waals surface area contributed by atoms with Gasteiger partial charge in [0.2, 0.25) is 0 Å². The summed E-state index contributed by atoms with van der Waals surface area (Å²) >= 11 is 0. The summed E-state index contributed by atoms with van der Waals surface area (Å²) in [6, 6.07) is 17.3. The van der Waals surface area contributed by atoms with Crippen LogP contribution in [0.15, 0.2) is 71.9 Å². The van der Waals surface area contributed by atoms with Crippen LogP contribution in [-0.4, -0.2) is 18.2 Å². The number of aryl methyl sites for hydroxylation is 1. The summed E-state index contributed by atoms with van der Waals surface area (Å²) in [5.41, 5.74) is 2.07. The molecule has 0 aliphatic carbocycles. The van der Waals surface area contributed by atoms with Crippen LogP contribution in [0.1, 0.15) is 25.0 Å². The van der Waals surface area contributed by atoms with E-state index in [2.05, 4.69) is 31.1 Å². The van der Waals surface area contributed by atoms with Crippen molar-refractivity contribution in [1.82, 2.24) is 9.78 Å². The maximum Gasteiger partial charge on any atom is 0.342 e. The Morgan fingerprint density at radius 2 is 1.56 bits per heavy atom. The number of nitrogens with zero attached hydrogens (tertiary/aromatic N) is 2. The normalized spacial score (nSPS) is 12.1. The second kappa shape index (κ2) is 6.37. The molecule has 3 aromatic rings. The highest BCUT2D eigenvalue weighted by Gasteiger charge is 2.23. The van der Waals surface area contributed by atoms with Crippen LogP contribution in [0.4, 0.5) is 0 Å². The fourth-order valence-corrected chi connectivity index (χ4v) is 3.57. The molecule has 0 saturated carbocycles. The van der Waals surface area contributed by atoms with Gasteiger partial charge < -0.3 is 4.18 Å². The van der Waals surface area contributed by atoms with Gasteiger partial charge in [0.1, 0.15) is 10.6 Å². The Kier molecular flexibility index (Phi) is 4.39. The standard InChI is InChI=1S/C19H20N2O3S/c1-19(2,15-7-5-4-6-8-15)16-9-11-17(12-10-16)24-25(22,23)18-13-20-21(3)14-18/h4-14H,1-3H3. The van der Waals surface area contributed by atoms with Gasteiger partial charge in [-0.15, -0.1) is 0 Å². The molecule has 0 aliphatic heterocycles. The van der Waals surface area contributed by atoms with Gasteiger partial charge in [0.25, 0.3) is 0 Å². The number of benzene rings is 2. The van der Waals surface area contributed by atoms with Gasteiger partial charge in [-0.05, 0) is 23.3 Å². The van der Waals surface area contributed by atoms with E-state index in [0.29, 0.717) is 0 Å². The van der Waals surface area contributed by atoms with Gasteiger partial charge in [0, 0.05) is 18.7 Å². The second-order valence-electron chi connectivity index (χ2n) is 6.40.